The van der Waals surface area contributed by atoms with E-state index in [1.807, 2.05) is 49.4 Å². The summed E-state index contributed by atoms with van der Waals surface area (Å²) < 4.78 is 5.90. The second kappa shape index (κ2) is 9.29. The Morgan fingerprint density at radius 3 is 2.45 bits per heavy atom. The van der Waals surface area contributed by atoms with Crippen LogP contribution in [0, 0.1) is 18.3 Å². The van der Waals surface area contributed by atoms with E-state index in [9.17, 15) is 14.9 Å². The number of anilines is 1. The van der Waals surface area contributed by atoms with Gasteiger partial charge in [-0.25, -0.2) is 4.79 Å². The molecule has 7 heteroatoms. The van der Waals surface area contributed by atoms with Crippen LogP contribution in [0.15, 0.2) is 63.6 Å². The number of esters is 1. The van der Waals surface area contributed by atoms with Crippen LogP contribution in [-0.4, -0.2) is 23.7 Å². The fraction of sp³-hybridized carbons (Fsp3) is 0.227. The van der Waals surface area contributed by atoms with Gasteiger partial charge < -0.3 is 4.74 Å². The number of aryl methyl sites for hydroxylation is 1. The van der Waals surface area contributed by atoms with Gasteiger partial charge in [-0.3, -0.25) is 9.69 Å². The van der Waals surface area contributed by atoms with Crippen molar-refractivity contribution >= 4 is 45.3 Å². The van der Waals surface area contributed by atoms with Gasteiger partial charge in [0.2, 0.25) is 5.91 Å². The van der Waals surface area contributed by atoms with Gasteiger partial charge in [-0.2, -0.15) is 5.26 Å². The number of nitriles is 1. The Morgan fingerprint density at radius 2 is 1.86 bits per heavy atom. The Balaban J connectivity index is 2.02. The van der Waals surface area contributed by atoms with Crippen LogP contribution in [0.3, 0.4) is 0 Å². The molecule has 1 atom stereocenters. The van der Waals surface area contributed by atoms with Crippen LogP contribution in [0.1, 0.15) is 18.1 Å². The molecular formula is C22H19BrN2O3S. The van der Waals surface area contributed by atoms with Crippen molar-refractivity contribution in [1.29, 1.82) is 5.26 Å². The van der Waals surface area contributed by atoms with Crippen LogP contribution in [-0.2, 0) is 20.7 Å². The van der Waals surface area contributed by atoms with Crippen molar-refractivity contribution in [3.63, 3.8) is 0 Å². The summed E-state index contributed by atoms with van der Waals surface area (Å²) in [6.45, 7) is 3.84. The van der Waals surface area contributed by atoms with Crippen molar-refractivity contribution in [3.05, 3.63) is 74.7 Å². The van der Waals surface area contributed by atoms with Gasteiger partial charge in [0.05, 0.1) is 11.9 Å². The highest BCUT2D eigenvalue weighted by atomic mass is 79.9. The molecule has 0 saturated carbocycles. The van der Waals surface area contributed by atoms with Crippen LogP contribution < -0.4 is 4.90 Å². The highest BCUT2D eigenvalue weighted by molar-refractivity contribution is 9.10. The van der Waals surface area contributed by atoms with Gasteiger partial charge in [-0.05, 0) is 50.1 Å². The number of hydrogen-bond donors (Lipinski definition) is 0. The number of benzene rings is 2. The number of carbonyl (C=O) groups is 2. The third kappa shape index (κ3) is 4.72. The molecule has 1 saturated heterocycles. The third-order valence-electron chi connectivity index (χ3n) is 4.38. The summed E-state index contributed by atoms with van der Waals surface area (Å²) in [5.74, 6) is -0.881. The lowest BCUT2D eigenvalue weighted by Crippen LogP contribution is -2.30. The molecule has 1 heterocycles. The summed E-state index contributed by atoms with van der Waals surface area (Å²) in [7, 11) is 0. The first kappa shape index (κ1) is 21.2. The van der Waals surface area contributed by atoms with E-state index in [1.165, 1.54) is 16.7 Å². The first-order valence-corrected chi connectivity index (χ1v) is 10.7. The Bertz CT molecular complexity index is 994. The number of nitrogens with zero attached hydrogens (tertiary/aromatic N) is 2. The van der Waals surface area contributed by atoms with Crippen LogP contribution in [0.4, 0.5) is 5.69 Å². The Labute approximate surface area is 182 Å². The molecule has 1 unspecified atom stereocenters. The van der Waals surface area contributed by atoms with Gasteiger partial charge in [0.15, 0.2) is 5.57 Å². The van der Waals surface area contributed by atoms with E-state index in [-0.39, 0.29) is 18.1 Å². The maximum absolute atomic E-state index is 13.3. The minimum atomic E-state index is -0.719. The van der Waals surface area contributed by atoms with Crippen LogP contribution in [0.5, 0.6) is 0 Å². The average molecular weight is 471 g/mol. The second-order valence-electron chi connectivity index (χ2n) is 6.46. The molecule has 0 spiro atoms. The topological polar surface area (TPSA) is 70.4 Å². The van der Waals surface area contributed by atoms with Crippen molar-refractivity contribution in [2.75, 3.05) is 11.5 Å². The number of amides is 1. The molecule has 5 nitrogen and oxygen atoms in total. The molecule has 2 aromatic rings. The second-order valence-corrected chi connectivity index (χ2v) is 8.57. The Hall–Kier alpha value is -2.56. The number of thioether (sulfide) groups is 1. The normalized spacial score (nSPS) is 17.8. The molecule has 1 aliphatic heterocycles. The molecule has 0 aromatic heterocycles. The molecule has 148 valence electrons. The molecule has 0 aliphatic carbocycles. The minimum absolute atomic E-state index is 0.153. The van der Waals surface area contributed by atoms with E-state index >= 15 is 0 Å². The van der Waals surface area contributed by atoms with E-state index in [4.69, 9.17) is 4.74 Å². The van der Waals surface area contributed by atoms with Gasteiger partial charge in [0, 0.05) is 10.2 Å². The SMILES string of the molecule is CCOC(=O)/C(C#N)=C1\SC(Cc2ccc(C)cc2)C(=O)N1c1ccc(Br)cc1. The number of rotatable bonds is 5. The van der Waals surface area contributed by atoms with Gasteiger partial charge in [0.1, 0.15) is 11.1 Å². The summed E-state index contributed by atoms with van der Waals surface area (Å²) in [5.41, 5.74) is 2.61. The maximum Gasteiger partial charge on any atom is 0.351 e. The van der Waals surface area contributed by atoms with E-state index < -0.39 is 11.2 Å². The maximum atomic E-state index is 13.3. The standard InChI is InChI=1S/C22H19BrN2O3S/c1-3-28-22(27)18(13-24)21-25(17-10-8-16(23)9-11-17)20(26)19(29-21)12-15-6-4-14(2)5-7-15/h4-11,19H,3,12H2,1-2H3/b21-18-. The molecule has 1 fully saturated rings. The van der Waals surface area contributed by atoms with Crippen LogP contribution in [0.2, 0.25) is 0 Å². The van der Waals surface area contributed by atoms with Gasteiger partial charge in [-0.1, -0.05) is 57.5 Å². The molecule has 3 rings (SSSR count). The summed E-state index contributed by atoms with van der Waals surface area (Å²) >= 11 is 4.62. The number of halogens is 1. The number of hydrogen-bond acceptors (Lipinski definition) is 5. The Morgan fingerprint density at radius 1 is 1.21 bits per heavy atom. The quantitative estimate of drug-likeness (QED) is 0.358. The summed E-state index contributed by atoms with van der Waals surface area (Å²) in [5, 5.41) is 9.50. The molecule has 0 N–H and O–H groups in total. The lowest BCUT2D eigenvalue weighted by molar-refractivity contribution is -0.138. The molecular weight excluding hydrogens is 452 g/mol. The van der Waals surface area contributed by atoms with Crippen molar-refractivity contribution < 1.29 is 14.3 Å². The average Bonchev–Trinajstić information content (AvgIpc) is 3.01. The highest BCUT2D eigenvalue weighted by Crippen LogP contribution is 2.42. The van der Waals surface area contributed by atoms with E-state index in [1.54, 1.807) is 19.1 Å². The lowest BCUT2D eigenvalue weighted by atomic mass is 10.1. The zero-order valence-electron chi connectivity index (χ0n) is 16.0. The van der Waals surface area contributed by atoms with Crippen molar-refractivity contribution in [3.8, 4) is 6.07 Å². The van der Waals surface area contributed by atoms with Gasteiger partial charge in [0.25, 0.3) is 0 Å². The molecule has 0 radical (unpaired) electrons. The Kier molecular flexibility index (Phi) is 6.78. The first-order chi connectivity index (χ1) is 13.9. The van der Waals surface area contributed by atoms with Gasteiger partial charge in [-0.15, -0.1) is 0 Å². The van der Waals surface area contributed by atoms with Crippen LogP contribution >= 0.6 is 27.7 Å². The lowest BCUT2D eigenvalue weighted by Gasteiger charge is -2.18. The molecule has 0 bridgehead atoms. The van der Waals surface area contributed by atoms with E-state index in [2.05, 4.69) is 15.9 Å². The summed E-state index contributed by atoms with van der Waals surface area (Å²) in [6, 6.07) is 17.1. The van der Waals surface area contributed by atoms with Crippen LogP contribution in [0.25, 0.3) is 0 Å². The molecule has 1 amide bonds. The van der Waals surface area contributed by atoms with E-state index in [0.717, 1.165) is 15.6 Å². The summed E-state index contributed by atoms with van der Waals surface area (Å²) in [6.07, 6.45) is 0.502. The first-order valence-electron chi connectivity index (χ1n) is 9.07. The van der Waals surface area contributed by atoms with Crippen molar-refractivity contribution in [2.45, 2.75) is 25.5 Å². The zero-order chi connectivity index (χ0) is 21.0. The van der Waals surface area contributed by atoms with Gasteiger partial charge >= 0.3 is 5.97 Å². The van der Waals surface area contributed by atoms with Crippen molar-refractivity contribution in [1.82, 2.24) is 0 Å². The zero-order valence-corrected chi connectivity index (χ0v) is 18.4. The summed E-state index contributed by atoms with van der Waals surface area (Å²) in [4.78, 5) is 27.1. The van der Waals surface area contributed by atoms with Crippen molar-refractivity contribution in [2.24, 2.45) is 0 Å². The predicted octanol–water partition coefficient (Wildman–Crippen LogP) is 4.75. The van der Waals surface area contributed by atoms with E-state index in [0.29, 0.717) is 17.1 Å². The monoisotopic (exact) mass is 470 g/mol. The minimum Gasteiger partial charge on any atom is -0.462 e. The molecule has 2 aromatic carbocycles. The highest BCUT2D eigenvalue weighted by Gasteiger charge is 2.41. The molecule has 1 aliphatic rings. The fourth-order valence-electron chi connectivity index (χ4n) is 2.94. The third-order valence-corrected chi connectivity index (χ3v) is 6.18. The fourth-order valence-corrected chi connectivity index (χ4v) is 4.50. The largest absolute Gasteiger partial charge is 0.462 e. The number of ether oxygens (including phenoxy) is 1. The predicted molar refractivity (Wildman–Crippen MR) is 117 cm³/mol. The smallest absolute Gasteiger partial charge is 0.351 e. The number of carbonyl (C=O) groups excluding carboxylic acids is 2. The molecule has 29 heavy (non-hydrogen) atoms.